The third kappa shape index (κ3) is 2.33. The van der Waals surface area contributed by atoms with Crippen LogP contribution in [0.15, 0.2) is 53.6 Å². The van der Waals surface area contributed by atoms with Crippen LogP contribution >= 0.6 is 0 Å². The lowest BCUT2D eigenvalue weighted by molar-refractivity contribution is 0.277. The van der Waals surface area contributed by atoms with Crippen molar-refractivity contribution < 1.29 is 4.74 Å². The molecule has 1 heterocycles. The molecule has 0 saturated heterocycles. The Morgan fingerprint density at radius 3 is 2.56 bits per heavy atom. The van der Waals surface area contributed by atoms with Gasteiger partial charge in [0.15, 0.2) is 0 Å². The highest BCUT2D eigenvalue weighted by molar-refractivity contribution is 5.36. The topological polar surface area (TPSA) is 73.3 Å². The van der Waals surface area contributed by atoms with Crippen LogP contribution in [0.1, 0.15) is 12.5 Å². The third-order valence-electron chi connectivity index (χ3n) is 3.06. The Labute approximate surface area is 107 Å². The highest BCUT2D eigenvalue weighted by atomic mass is 16.5. The van der Waals surface area contributed by atoms with Gasteiger partial charge in [-0.05, 0) is 12.5 Å². The van der Waals surface area contributed by atoms with Gasteiger partial charge < -0.3 is 21.5 Å². The lowest BCUT2D eigenvalue weighted by Crippen LogP contribution is -2.59. The summed E-state index contributed by atoms with van der Waals surface area (Å²) in [6.45, 7) is 1.94. The molecule has 0 amide bonds. The van der Waals surface area contributed by atoms with E-state index in [-0.39, 0.29) is 0 Å². The Balaban J connectivity index is 2.31. The molecule has 18 heavy (non-hydrogen) atoms. The summed E-state index contributed by atoms with van der Waals surface area (Å²) in [5.74, 6) is 0.629. The van der Waals surface area contributed by atoms with Crippen molar-refractivity contribution >= 4 is 0 Å². The molecule has 5 N–H and O–H groups in total. The van der Waals surface area contributed by atoms with Crippen molar-refractivity contribution in [3.63, 3.8) is 0 Å². The molecule has 1 aliphatic heterocycles. The van der Waals surface area contributed by atoms with Crippen LogP contribution in [-0.4, -0.2) is 12.8 Å². The molecule has 2 rings (SSSR count). The molecule has 0 bridgehead atoms. The Hall–Kier alpha value is -1.94. The zero-order valence-corrected chi connectivity index (χ0v) is 10.7. The largest absolute Gasteiger partial charge is 0.495 e. The summed E-state index contributed by atoms with van der Waals surface area (Å²) in [6.07, 6.45) is 2.46. The molecular formula is C14H19N3O. The van der Waals surface area contributed by atoms with Crippen molar-refractivity contribution in [2.45, 2.75) is 19.0 Å². The molecule has 1 unspecified atom stereocenters. The number of ether oxygens (including phenoxy) is 1. The van der Waals surface area contributed by atoms with Crippen LogP contribution in [-0.2, 0) is 11.2 Å². The van der Waals surface area contributed by atoms with E-state index in [1.54, 1.807) is 7.11 Å². The second kappa shape index (κ2) is 4.74. The Kier molecular flexibility index (Phi) is 3.30. The zero-order valence-electron chi connectivity index (χ0n) is 10.7. The van der Waals surface area contributed by atoms with Gasteiger partial charge in [-0.3, -0.25) is 0 Å². The molecular weight excluding hydrogens is 226 g/mol. The molecule has 1 aromatic carbocycles. The van der Waals surface area contributed by atoms with Gasteiger partial charge in [-0.2, -0.15) is 0 Å². The maximum atomic E-state index is 6.38. The number of dihydropyridines is 1. The van der Waals surface area contributed by atoms with Crippen LogP contribution in [0, 0.1) is 0 Å². The molecule has 1 atom stereocenters. The van der Waals surface area contributed by atoms with Crippen molar-refractivity contribution in [1.29, 1.82) is 0 Å². The highest BCUT2D eigenvalue weighted by Crippen LogP contribution is 2.23. The first kappa shape index (κ1) is 12.5. The molecule has 96 valence electrons. The molecule has 0 saturated carbocycles. The summed E-state index contributed by atoms with van der Waals surface area (Å²) in [6, 6.07) is 10.0. The third-order valence-corrected chi connectivity index (χ3v) is 3.06. The first-order valence-corrected chi connectivity index (χ1v) is 5.88. The van der Waals surface area contributed by atoms with Crippen LogP contribution in [0.5, 0.6) is 0 Å². The number of nitrogens with one attached hydrogen (secondary N) is 1. The zero-order chi connectivity index (χ0) is 13.2. The minimum Gasteiger partial charge on any atom is -0.495 e. The molecule has 0 aliphatic carbocycles. The van der Waals surface area contributed by atoms with Gasteiger partial charge in [-0.15, -0.1) is 0 Å². The number of hydrogen-bond donors (Lipinski definition) is 3. The minimum absolute atomic E-state index is 0.527. The summed E-state index contributed by atoms with van der Waals surface area (Å²) in [4.78, 5) is 0. The first-order valence-electron chi connectivity index (χ1n) is 5.88. The standard InChI is InChI=1S/C14H19N3O/c1-10-8-12(18-2)13(15)14(16,17-10)9-11-6-4-3-5-7-11/h3-8,17H,9,15-16H2,1-2H3. The summed E-state index contributed by atoms with van der Waals surface area (Å²) in [5.41, 5.74) is 14.3. The van der Waals surface area contributed by atoms with Crippen LogP contribution in [0.3, 0.4) is 0 Å². The molecule has 0 fully saturated rings. The quantitative estimate of drug-likeness (QED) is 0.748. The average molecular weight is 245 g/mol. The maximum absolute atomic E-state index is 6.38. The van der Waals surface area contributed by atoms with Gasteiger partial charge in [0.25, 0.3) is 0 Å². The van der Waals surface area contributed by atoms with Gasteiger partial charge in [-0.1, -0.05) is 30.3 Å². The summed E-state index contributed by atoms with van der Waals surface area (Å²) in [5, 5.41) is 3.23. The van der Waals surface area contributed by atoms with E-state index in [9.17, 15) is 0 Å². The van der Waals surface area contributed by atoms with Gasteiger partial charge in [-0.25, -0.2) is 0 Å². The number of methoxy groups -OCH3 is 1. The number of nitrogens with two attached hydrogens (primary N) is 2. The molecule has 0 radical (unpaired) electrons. The average Bonchev–Trinajstić information content (AvgIpc) is 2.35. The Morgan fingerprint density at radius 2 is 1.94 bits per heavy atom. The SMILES string of the molecule is COC1=C(N)C(N)(Cc2ccccc2)NC(C)=C1. The van der Waals surface area contributed by atoms with Crippen molar-refractivity contribution in [3.8, 4) is 0 Å². The first-order chi connectivity index (χ1) is 8.55. The van der Waals surface area contributed by atoms with E-state index >= 15 is 0 Å². The van der Waals surface area contributed by atoms with Gasteiger partial charge in [0.05, 0.1) is 12.8 Å². The van der Waals surface area contributed by atoms with E-state index in [0.29, 0.717) is 17.9 Å². The number of benzene rings is 1. The normalized spacial score (nSPS) is 23.4. The smallest absolute Gasteiger partial charge is 0.143 e. The predicted molar refractivity (Wildman–Crippen MR) is 72.2 cm³/mol. The fourth-order valence-electron chi connectivity index (χ4n) is 2.18. The summed E-state index contributed by atoms with van der Waals surface area (Å²) < 4.78 is 5.27. The lowest BCUT2D eigenvalue weighted by Gasteiger charge is -2.36. The number of hydrogen-bond acceptors (Lipinski definition) is 4. The Morgan fingerprint density at radius 1 is 1.28 bits per heavy atom. The molecule has 0 aromatic heterocycles. The fraction of sp³-hybridized carbons (Fsp3) is 0.286. The van der Waals surface area contributed by atoms with Crippen molar-refractivity contribution in [2.24, 2.45) is 11.5 Å². The number of rotatable bonds is 3. The van der Waals surface area contributed by atoms with Gasteiger partial charge in [0.2, 0.25) is 0 Å². The van der Waals surface area contributed by atoms with E-state index in [2.05, 4.69) is 5.32 Å². The van der Waals surface area contributed by atoms with Crippen molar-refractivity contribution in [2.75, 3.05) is 7.11 Å². The molecule has 4 heteroatoms. The van der Waals surface area contributed by atoms with E-state index in [1.807, 2.05) is 43.3 Å². The van der Waals surface area contributed by atoms with E-state index < -0.39 is 5.66 Å². The molecule has 1 aromatic rings. The predicted octanol–water partition coefficient (Wildman–Crippen LogP) is 1.21. The van der Waals surface area contributed by atoms with E-state index in [1.165, 1.54) is 0 Å². The molecule has 1 aliphatic rings. The van der Waals surface area contributed by atoms with E-state index in [0.717, 1.165) is 11.3 Å². The van der Waals surface area contributed by atoms with Crippen LogP contribution in [0.4, 0.5) is 0 Å². The lowest BCUT2D eigenvalue weighted by atomic mass is 9.93. The molecule has 4 nitrogen and oxygen atoms in total. The minimum atomic E-state index is -0.800. The van der Waals surface area contributed by atoms with Gasteiger partial charge >= 0.3 is 0 Å². The van der Waals surface area contributed by atoms with E-state index in [4.69, 9.17) is 16.2 Å². The molecule has 0 spiro atoms. The fourth-order valence-corrected chi connectivity index (χ4v) is 2.18. The van der Waals surface area contributed by atoms with Crippen molar-refractivity contribution in [1.82, 2.24) is 5.32 Å². The second-order valence-electron chi connectivity index (χ2n) is 4.57. The monoisotopic (exact) mass is 245 g/mol. The van der Waals surface area contributed by atoms with Crippen LogP contribution < -0.4 is 16.8 Å². The Bertz CT molecular complexity index is 493. The van der Waals surface area contributed by atoms with Gasteiger partial charge in [0.1, 0.15) is 11.4 Å². The van der Waals surface area contributed by atoms with Gasteiger partial charge in [0, 0.05) is 18.2 Å². The van der Waals surface area contributed by atoms with Crippen LogP contribution in [0.25, 0.3) is 0 Å². The summed E-state index contributed by atoms with van der Waals surface area (Å²) in [7, 11) is 1.60. The highest BCUT2D eigenvalue weighted by Gasteiger charge is 2.33. The summed E-state index contributed by atoms with van der Waals surface area (Å²) >= 11 is 0. The van der Waals surface area contributed by atoms with Crippen molar-refractivity contribution in [3.05, 3.63) is 59.1 Å². The maximum Gasteiger partial charge on any atom is 0.143 e. The second-order valence-corrected chi connectivity index (χ2v) is 4.57. The van der Waals surface area contributed by atoms with Crippen LogP contribution in [0.2, 0.25) is 0 Å². The number of allylic oxidation sites excluding steroid dienone is 2.